The summed E-state index contributed by atoms with van der Waals surface area (Å²) in [7, 11) is 0. The van der Waals surface area contributed by atoms with Crippen molar-refractivity contribution >= 4 is 52.1 Å². The third-order valence-electron chi connectivity index (χ3n) is 8.81. The fraction of sp³-hybridized carbons (Fsp3) is 0.586. The minimum absolute atomic E-state index is 0.0593. The molecule has 2 heterocycles. The Hall–Kier alpha value is -2.63. The van der Waals surface area contributed by atoms with Crippen molar-refractivity contribution in [3.05, 3.63) is 28.7 Å². The monoisotopic (exact) mass is 585 g/mol. The van der Waals surface area contributed by atoms with Gasteiger partial charge in [-0.1, -0.05) is 17.8 Å². The molecule has 1 aromatic rings. The van der Waals surface area contributed by atoms with Crippen molar-refractivity contribution in [3.8, 4) is 11.5 Å². The Labute approximate surface area is 243 Å². The van der Waals surface area contributed by atoms with E-state index >= 15 is 0 Å². The summed E-state index contributed by atoms with van der Waals surface area (Å²) in [6.07, 6.45) is 8.23. The summed E-state index contributed by atoms with van der Waals surface area (Å²) in [4.78, 5) is 41.5. The molecule has 4 aliphatic carbocycles. The fourth-order valence-electron chi connectivity index (χ4n) is 7.37. The topological polar surface area (TPSA) is 97.4 Å². The lowest BCUT2D eigenvalue weighted by atomic mass is 9.49. The summed E-state index contributed by atoms with van der Waals surface area (Å²) in [6, 6.07) is 5.31. The summed E-state index contributed by atoms with van der Waals surface area (Å²) >= 11 is 6.67. The van der Waals surface area contributed by atoms with E-state index in [9.17, 15) is 14.4 Å². The number of rotatable bonds is 8. The number of hydrogen-bond donors (Lipinski definition) is 1. The highest BCUT2D eigenvalue weighted by Gasteiger charge is 2.55. The third-order valence-corrected chi connectivity index (χ3v) is 10.1. The molecule has 3 amide bonds. The minimum Gasteiger partial charge on any atom is -0.490 e. The standard InChI is InChI=1S/C29H35N3O6S2/c1-2-37-23-12-18(3-4-22(23)38-17-25(33)31-5-7-36-8-6-31)13-24-26(34)32(28(39)40-24)30-27(35)29-14-19-9-20(15-29)11-21(10-19)16-29/h3-4,12-13,19-21H,2,5-11,14-17H2,1H3,(H,30,35)/b24-13-. The SMILES string of the molecule is CCOc1cc(/C=C2\SC(=S)N(NC(=O)C34CC5CC(CC(C5)C3)C4)C2=O)ccc1OCC(=O)N1CCOCC1. The maximum atomic E-state index is 13.5. The summed E-state index contributed by atoms with van der Waals surface area (Å²) in [5, 5.41) is 1.24. The van der Waals surface area contributed by atoms with E-state index in [0.717, 1.165) is 24.8 Å². The molecule has 4 saturated carbocycles. The number of nitrogens with zero attached hydrogens (tertiary/aromatic N) is 2. The lowest BCUT2D eigenvalue weighted by Crippen LogP contribution is -2.57. The zero-order chi connectivity index (χ0) is 27.9. The molecule has 40 heavy (non-hydrogen) atoms. The van der Waals surface area contributed by atoms with Crippen LogP contribution >= 0.6 is 24.0 Å². The lowest BCUT2D eigenvalue weighted by Gasteiger charge is -2.55. The van der Waals surface area contributed by atoms with Crippen LogP contribution in [0.5, 0.6) is 11.5 Å². The number of amides is 3. The minimum atomic E-state index is -0.368. The highest BCUT2D eigenvalue weighted by Crippen LogP contribution is 2.60. The number of ether oxygens (including phenoxy) is 3. The molecule has 1 aromatic carbocycles. The van der Waals surface area contributed by atoms with E-state index in [0.29, 0.717) is 71.4 Å². The Bertz CT molecular complexity index is 1210. The molecule has 0 atom stereocenters. The average Bonchev–Trinajstić information content (AvgIpc) is 3.19. The Morgan fingerprint density at radius 3 is 2.42 bits per heavy atom. The summed E-state index contributed by atoms with van der Waals surface area (Å²) in [6.45, 7) is 4.36. The van der Waals surface area contributed by atoms with Crippen LogP contribution in [0.15, 0.2) is 23.1 Å². The second-order valence-corrected chi connectivity index (χ2v) is 13.3. The van der Waals surface area contributed by atoms with E-state index in [4.69, 9.17) is 26.4 Å². The number of morpholine rings is 1. The van der Waals surface area contributed by atoms with E-state index in [1.54, 1.807) is 29.2 Å². The zero-order valence-corrected chi connectivity index (χ0v) is 24.3. The molecule has 4 bridgehead atoms. The molecule has 0 spiro atoms. The third kappa shape index (κ3) is 5.47. The Morgan fingerprint density at radius 2 is 1.77 bits per heavy atom. The van der Waals surface area contributed by atoms with Crippen molar-refractivity contribution in [3.63, 3.8) is 0 Å². The van der Waals surface area contributed by atoms with Gasteiger partial charge in [-0.3, -0.25) is 19.8 Å². The predicted molar refractivity (Wildman–Crippen MR) is 154 cm³/mol. The number of thioether (sulfide) groups is 1. The van der Waals surface area contributed by atoms with E-state index in [2.05, 4.69) is 5.43 Å². The van der Waals surface area contributed by atoms with E-state index in [1.165, 1.54) is 36.0 Å². The molecule has 2 aliphatic heterocycles. The van der Waals surface area contributed by atoms with Crippen molar-refractivity contribution in [1.82, 2.24) is 15.3 Å². The Kier molecular flexibility index (Phi) is 7.80. The normalized spacial score (nSPS) is 30.2. The van der Waals surface area contributed by atoms with E-state index < -0.39 is 0 Å². The van der Waals surface area contributed by atoms with Crippen molar-refractivity contribution in [1.29, 1.82) is 0 Å². The van der Waals surface area contributed by atoms with Crippen LogP contribution in [-0.4, -0.2) is 71.5 Å². The van der Waals surface area contributed by atoms with Gasteiger partial charge in [0.25, 0.3) is 11.8 Å². The largest absolute Gasteiger partial charge is 0.490 e. The zero-order valence-electron chi connectivity index (χ0n) is 22.7. The van der Waals surface area contributed by atoms with Gasteiger partial charge in [-0.2, -0.15) is 5.01 Å². The maximum Gasteiger partial charge on any atom is 0.285 e. The maximum absolute atomic E-state index is 13.5. The highest BCUT2D eigenvalue weighted by atomic mass is 32.2. The molecular formula is C29H35N3O6S2. The molecule has 11 heteroatoms. The second-order valence-electron chi connectivity index (χ2n) is 11.6. The molecule has 7 rings (SSSR count). The Morgan fingerprint density at radius 1 is 1.10 bits per heavy atom. The van der Waals surface area contributed by atoms with Gasteiger partial charge in [0.15, 0.2) is 22.4 Å². The van der Waals surface area contributed by atoms with E-state index in [1.807, 2.05) is 6.92 Å². The second kappa shape index (κ2) is 11.3. The van der Waals surface area contributed by atoms with Gasteiger partial charge >= 0.3 is 0 Å². The molecule has 214 valence electrons. The van der Waals surface area contributed by atoms with Gasteiger partial charge < -0.3 is 19.1 Å². The van der Waals surface area contributed by atoms with Gasteiger partial charge in [-0.05, 0) is 99.2 Å². The predicted octanol–water partition coefficient (Wildman–Crippen LogP) is 3.77. The van der Waals surface area contributed by atoms with Crippen molar-refractivity contribution in [2.45, 2.75) is 45.4 Å². The number of thiocarbonyl (C=S) groups is 1. The van der Waals surface area contributed by atoms with Gasteiger partial charge in [-0.25, -0.2) is 0 Å². The van der Waals surface area contributed by atoms with Crippen LogP contribution in [0.1, 0.15) is 51.0 Å². The molecule has 6 aliphatic rings. The number of carbonyl (C=O) groups is 3. The first kappa shape index (κ1) is 27.5. The van der Waals surface area contributed by atoms with Crippen LogP contribution in [0, 0.1) is 23.2 Å². The molecule has 6 fully saturated rings. The van der Waals surface area contributed by atoms with Crippen LogP contribution in [0.25, 0.3) is 6.08 Å². The highest BCUT2D eigenvalue weighted by molar-refractivity contribution is 8.26. The quantitative estimate of drug-likeness (QED) is 0.364. The first-order valence-corrected chi connectivity index (χ1v) is 15.4. The first-order chi connectivity index (χ1) is 19.3. The van der Waals surface area contributed by atoms with Crippen LogP contribution in [0.2, 0.25) is 0 Å². The molecule has 0 aromatic heterocycles. The summed E-state index contributed by atoms with van der Waals surface area (Å²) in [5.74, 6) is 2.34. The summed E-state index contributed by atoms with van der Waals surface area (Å²) in [5.41, 5.74) is 3.26. The molecule has 1 N–H and O–H groups in total. The number of nitrogens with one attached hydrogen (secondary N) is 1. The van der Waals surface area contributed by atoms with Gasteiger partial charge in [0.05, 0.1) is 30.1 Å². The first-order valence-electron chi connectivity index (χ1n) is 14.2. The van der Waals surface area contributed by atoms with Gasteiger partial charge in [0, 0.05) is 13.1 Å². The van der Waals surface area contributed by atoms with Crippen molar-refractivity contribution < 1.29 is 28.6 Å². The number of hydrogen-bond acceptors (Lipinski definition) is 8. The average molecular weight is 586 g/mol. The van der Waals surface area contributed by atoms with Crippen molar-refractivity contribution in [2.75, 3.05) is 39.5 Å². The molecule has 9 nitrogen and oxygen atoms in total. The number of carbonyl (C=O) groups excluding carboxylic acids is 3. The van der Waals surface area contributed by atoms with Gasteiger partial charge in [0.1, 0.15) is 0 Å². The lowest BCUT2D eigenvalue weighted by molar-refractivity contribution is -0.152. The Balaban J connectivity index is 1.12. The van der Waals surface area contributed by atoms with E-state index in [-0.39, 0.29) is 29.7 Å². The van der Waals surface area contributed by atoms with Crippen LogP contribution in [-0.2, 0) is 19.1 Å². The number of benzene rings is 1. The fourth-order valence-corrected chi connectivity index (χ4v) is 8.55. The molecule has 0 radical (unpaired) electrons. The smallest absolute Gasteiger partial charge is 0.285 e. The number of hydrazine groups is 1. The molecular weight excluding hydrogens is 550 g/mol. The molecule has 0 unspecified atom stereocenters. The molecule has 2 saturated heterocycles. The van der Waals surface area contributed by atoms with Gasteiger partial charge in [0.2, 0.25) is 5.91 Å². The summed E-state index contributed by atoms with van der Waals surface area (Å²) < 4.78 is 17.2. The van der Waals surface area contributed by atoms with Gasteiger partial charge in [-0.15, -0.1) is 0 Å². The van der Waals surface area contributed by atoms with Crippen LogP contribution in [0.3, 0.4) is 0 Å². The van der Waals surface area contributed by atoms with Crippen LogP contribution in [0.4, 0.5) is 0 Å². The van der Waals surface area contributed by atoms with Crippen molar-refractivity contribution in [2.24, 2.45) is 23.2 Å². The van der Waals surface area contributed by atoms with Crippen LogP contribution < -0.4 is 14.9 Å².